The van der Waals surface area contributed by atoms with E-state index in [1.165, 1.54) is 11.1 Å². The normalized spacial score (nSPS) is 11.1. The van der Waals surface area contributed by atoms with Gasteiger partial charge in [0.05, 0.1) is 13.2 Å². The van der Waals surface area contributed by atoms with Crippen LogP contribution < -0.4 is 0 Å². The van der Waals surface area contributed by atoms with Gasteiger partial charge in [-0.1, -0.05) is 23.8 Å². The zero-order valence-electron chi connectivity index (χ0n) is 19.2. The van der Waals surface area contributed by atoms with Crippen molar-refractivity contribution in [2.75, 3.05) is 26.4 Å². The fourth-order valence-corrected chi connectivity index (χ4v) is 5.12. The van der Waals surface area contributed by atoms with Crippen molar-refractivity contribution in [2.45, 2.75) is 27.4 Å². The molecular weight excluding hydrogens is 460 g/mol. The third kappa shape index (κ3) is 10.2. The van der Waals surface area contributed by atoms with Crippen LogP contribution in [0.25, 0.3) is 11.1 Å². The van der Waals surface area contributed by atoms with Gasteiger partial charge in [0, 0.05) is 19.8 Å². The molecule has 0 aromatic heterocycles. The first-order valence-corrected chi connectivity index (χ1v) is 12.7. The molecule has 0 bridgehead atoms. The Hall–Kier alpha value is -1.76. The average molecular weight is 494 g/mol. The van der Waals surface area contributed by atoms with Crippen LogP contribution in [0.5, 0.6) is 0 Å². The van der Waals surface area contributed by atoms with Gasteiger partial charge in [0.25, 0.3) is 0 Å². The summed E-state index contributed by atoms with van der Waals surface area (Å²) < 4.78 is 23.1. The molecule has 0 aliphatic carbocycles. The van der Waals surface area contributed by atoms with Gasteiger partial charge in [0.15, 0.2) is 0 Å². The Labute approximate surface area is 204 Å². The largest absolute Gasteiger partial charge is 2.00 e. The molecular formula is C26H34FeO4Si. The van der Waals surface area contributed by atoms with E-state index in [0.717, 1.165) is 5.56 Å². The third-order valence-corrected chi connectivity index (χ3v) is 7.06. The van der Waals surface area contributed by atoms with Crippen molar-refractivity contribution in [2.24, 2.45) is 0 Å². The van der Waals surface area contributed by atoms with Crippen LogP contribution in [0.15, 0.2) is 90.6 Å². The first-order chi connectivity index (χ1) is 15.2. The number of ether oxygens (including phenoxy) is 1. The number of hydrogen-bond acceptors (Lipinski definition) is 4. The molecule has 3 aromatic rings. The SMILES string of the molecule is CCO[Si](/C=C\COCc1ccc(-[c-]2cccc2)cc1)(OCC)OCC.[Fe+2].c1cc[cH-]c1. The minimum absolute atomic E-state index is 0. The smallest absolute Gasteiger partial charge is 0.373 e. The second kappa shape index (κ2) is 16.8. The Morgan fingerprint density at radius 1 is 0.844 bits per heavy atom. The molecule has 6 heteroatoms. The van der Waals surface area contributed by atoms with Crippen LogP contribution in [0.2, 0.25) is 0 Å². The maximum absolute atomic E-state index is 5.78. The first-order valence-electron chi connectivity index (χ1n) is 10.9. The maximum Gasteiger partial charge on any atom is 2.00 e. The van der Waals surface area contributed by atoms with Gasteiger partial charge < -0.3 is 18.0 Å². The predicted octanol–water partition coefficient (Wildman–Crippen LogP) is 6.14. The minimum atomic E-state index is -2.72. The Balaban J connectivity index is 0.000000750. The van der Waals surface area contributed by atoms with Crippen molar-refractivity contribution in [1.29, 1.82) is 0 Å². The van der Waals surface area contributed by atoms with Crippen molar-refractivity contribution in [3.05, 3.63) is 96.2 Å². The van der Waals surface area contributed by atoms with Crippen molar-refractivity contribution in [3.8, 4) is 11.1 Å². The monoisotopic (exact) mass is 494 g/mol. The molecule has 0 unspecified atom stereocenters. The van der Waals surface area contributed by atoms with Gasteiger partial charge in [-0.25, -0.2) is 12.1 Å². The molecule has 174 valence electrons. The fourth-order valence-electron chi connectivity index (χ4n) is 2.99. The Morgan fingerprint density at radius 2 is 1.41 bits per heavy atom. The van der Waals surface area contributed by atoms with Crippen LogP contribution in [-0.4, -0.2) is 35.2 Å². The van der Waals surface area contributed by atoms with E-state index in [1.807, 2.05) is 62.9 Å². The van der Waals surface area contributed by atoms with E-state index in [0.29, 0.717) is 33.0 Å². The van der Waals surface area contributed by atoms with Gasteiger partial charge >= 0.3 is 25.9 Å². The molecule has 0 saturated carbocycles. The van der Waals surface area contributed by atoms with Crippen molar-refractivity contribution in [1.82, 2.24) is 0 Å². The van der Waals surface area contributed by atoms with Gasteiger partial charge in [-0.3, -0.25) is 0 Å². The van der Waals surface area contributed by atoms with Crippen LogP contribution in [0.4, 0.5) is 0 Å². The molecule has 3 aromatic carbocycles. The van der Waals surface area contributed by atoms with E-state index in [4.69, 9.17) is 18.0 Å². The van der Waals surface area contributed by atoms with E-state index >= 15 is 0 Å². The molecule has 32 heavy (non-hydrogen) atoms. The van der Waals surface area contributed by atoms with E-state index < -0.39 is 8.80 Å². The standard InChI is InChI=1S/C21H29O4Si.C5H5.Fe/c1-4-23-26(24-5-2,25-6-3)17-9-16-22-18-19-12-14-21(15-13-19)20-10-7-8-11-20;1-2-4-5-3-1;/h7-15,17H,4-6,16,18H2,1-3H3;1-5H;/q2*-1;+2/b17-9-;;. The summed E-state index contributed by atoms with van der Waals surface area (Å²) in [6.07, 6.45) is 1.94. The van der Waals surface area contributed by atoms with Gasteiger partial charge in [0.1, 0.15) is 0 Å². The third-order valence-electron chi connectivity index (χ3n) is 4.35. The fraction of sp³-hybridized carbons (Fsp3) is 0.308. The van der Waals surface area contributed by atoms with E-state index in [-0.39, 0.29) is 17.1 Å². The second-order valence-corrected chi connectivity index (χ2v) is 9.06. The van der Waals surface area contributed by atoms with E-state index in [1.54, 1.807) is 0 Å². The number of rotatable bonds is 12. The van der Waals surface area contributed by atoms with Gasteiger partial charge in [-0.15, -0.1) is 29.8 Å². The summed E-state index contributed by atoms with van der Waals surface area (Å²) in [6.45, 7) is 8.59. The van der Waals surface area contributed by atoms with Crippen molar-refractivity contribution >= 4 is 8.80 Å². The maximum atomic E-state index is 5.78. The van der Waals surface area contributed by atoms with Crippen LogP contribution in [0.1, 0.15) is 26.3 Å². The summed E-state index contributed by atoms with van der Waals surface area (Å²) in [4.78, 5) is 0. The minimum Gasteiger partial charge on any atom is -0.373 e. The summed E-state index contributed by atoms with van der Waals surface area (Å²) in [6, 6.07) is 26.8. The van der Waals surface area contributed by atoms with E-state index in [2.05, 4.69) is 48.5 Å². The summed E-state index contributed by atoms with van der Waals surface area (Å²) in [5.74, 6) is 0. The summed E-state index contributed by atoms with van der Waals surface area (Å²) in [7, 11) is -2.72. The van der Waals surface area contributed by atoms with Crippen molar-refractivity contribution in [3.63, 3.8) is 0 Å². The number of hydrogen-bond donors (Lipinski definition) is 0. The molecule has 0 fully saturated rings. The quantitative estimate of drug-likeness (QED) is 0.172. The Kier molecular flexibility index (Phi) is 14.9. The topological polar surface area (TPSA) is 36.9 Å². The van der Waals surface area contributed by atoms with Gasteiger partial charge in [0.2, 0.25) is 0 Å². The van der Waals surface area contributed by atoms with Crippen LogP contribution >= 0.6 is 0 Å². The average Bonchev–Trinajstić information content (AvgIpc) is 3.51. The summed E-state index contributed by atoms with van der Waals surface area (Å²) >= 11 is 0. The Morgan fingerprint density at radius 3 is 1.88 bits per heavy atom. The van der Waals surface area contributed by atoms with Crippen LogP contribution in [0.3, 0.4) is 0 Å². The first kappa shape index (κ1) is 28.3. The summed E-state index contributed by atoms with van der Waals surface area (Å²) in [5.41, 5.74) is 5.53. The van der Waals surface area contributed by atoms with E-state index in [9.17, 15) is 0 Å². The Bertz CT molecular complexity index is 780. The van der Waals surface area contributed by atoms with Crippen molar-refractivity contribution < 1.29 is 35.1 Å². The molecule has 0 N–H and O–H groups in total. The molecule has 3 rings (SSSR count). The van der Waals surface area contributed by atoms with Crippen LogP contribution in [0, 0.1) is 0 Å². The molecule has 0 aliphatic rings. The van der Waals surface area contributed by atoms with Gasteiger partial charge in [-0.2, -0.15) is 30.3 Å². The molecule has 0 saturated heterocycles. The molecule has 0 heterocycles. The van der Waals surface area contributed by atoms with Gasteiger partial charge in [-0.05, 0) is 32.0 Å². The molecule has 0 amide bonds. The second-order valence-electron chi connectivity index (χ2n) is 6.65. The van der Waals surface area contributed by atoms with Crippen LogP contribution in [-0.2, 0) is 41.7 Å². The zero-order valence-corrected chi connectivity index (χ0v) is 21.3. The summed E-state index contributed by atoms with van der Waals surface area (Å²) in [5, 5.41) is 0. The molecule has 0 aliphatic heterocycles. The molecule has 4 nitrogen and oxygen atoms in total. The predicted molar refractivity (Wildman–Crippen MR) is 129 cm³/mol. The molecule has 0 radical (unpaired) electrons. The molecule has 0 atom stereocenters. The zero-order chi connectivity index (χ0) is 22.2. The molecule has 0 spiro atoms. The number of benzene rings is 1.